The molecule has 1 aromatic heterocycles. The van der Waals surface area contributed by atoms with Gasteiger partial charge in [0.05, 0.1) is 0 Å². The Hall–Kier alpha value is -1.68. The van der Waals surface area contributed by atoms with Gasteiger partial charge in [-0.25, -0.2) is 0 Å². The summed E-state index contributed by atoms with van der Waals surface area (Å²) in [5.74, 6) is 0.0809. The van der Waals surface area contributed by atoms with Gasteiger partial charge in [-0.05, 0) is 24.3 Å². The summed E-state index contributed by atoms with van der Waals surface area (Å²) in [4.78, 5) is 3.92. The van der Waals surface area contributed by atoms with Crippen molar-refractivity contribution < 1.29 is 13.5 Å². The van der Waals surface area contributed by atoms with Crippen LogP contribution in [0.4, 0.5) is 8.78 Å². The smallest absolute Gasteiger partial charge is 0.387 e. The van der Waals surface area contributed by atoms with E-state index in [-0.39, 0.29) is 5.75 Å². The van der Waals surface area contributed by atoms with Crippen LogP contribution in [0.5, 0.6) is 5.75 Å². The first-order valence-corrected chi connectivity index (χ1v) is 5.19. The van der Waals surface area contributed by atoms with Gasteiger partial charge in [0.1, 0.15) is 5.75 Å². The first-order valence-electron chi connectivity index (χ1n) is 4.81. The molecule has 2 nitrogen and oxygen atoms in total. The van der Waals surface area contributed by atoms with Crippen LogP contribution in [0.25, 0.3) is 11.1 Å². The Morgan fingerprint density at radius 2 is 2.06 bits per heavy atom. The number of alkyl halides is 2. The molecule has 0 spiro atoms. The van der Waals surface area contributed by atoms with Crippen molar-refractivity contribution in [3.8, 4) is 16.9 Å². The summed E-state index contributed by atoms with van der Waals surface area (Å²) in [6, 6.07) is 7.94. The molecule has 0 aliphatic heterocycles. The number of aromatic nitrogens is 1. The Labute approximate surface area is 102 Å². The average molecular weight is 256 g/mol. The largest absolute Gasteiger partial charge is 0.434 e. The van der Waals surface area contributed by atoms with E-state index in [1.165, 1.54) is 12.1 Å². The monoisotopic (exact) mass is 255 g/mol. The minimum Gasteiger partial charge on any atom is -0.434 e. The van der Waals surface area contributed by atoms with E-state index >= 15 is 0 Å². The van der Waals surface area contributed by atoms with Crippen LogP contribution in [0.3, 0.4) is 0 Å². The molecule has 1 aromatic carbocycles. The Morgan fingerprint density at radius 3 is 2.71 bits per heavy atom. The minimum atomic E-state index is -2.87. The zero-order valence-corrected chi connectivity index (χ0v) is 9.36. The highest BCUT2D eigenvalue weighted by molar-refractivity contribution is 6.31. The van der Waals surface area contributed by atoms with Crippen molar-refractivity contribution in [1.82, 2.24) is 4.98 Å². The maximum Gasteiger partial charge on any atom is 0.387 e. The molecule has 0 atom stereocenters. The van der Waals surface area contributed by atoms with Crippen LogP contribution in [-0.2, 0) is 0 Å². The van der Waals surface area contributed by atoms with Gasteiger partial charge in [-0.2, -0.15) is 8.78 Å². The molecule has 0 amide bonds. The number of halogens is 3. The number of hydrogen-bond acceptors (Lipinski definition) is 2. The predicted molar refractivity (Wildman–Crippen MR) is 61.3 cm³/mol. The summed E-state index contributed by atoms with van der Waals surface area (Å²) in [5.41, 5.74) is 1.16. The van der Waals surface area contributed by atoms with Crippen molar-refractivity contribution in [1.29, 1.82) is 0 Å². The molecule has 0 saturated heterocycles. The van der Waals surface area contributed by atoms with Crippen molar-refractivity contribution >= 4 is 11.6 Å². The average Bonchev–Trinajstić information content (AvgIpc) is 2.32. The van der Waals surface area contributed by atoms with E-state index in [0.29, 0.717) is 16.1 Å². The van der Waals surface area contributed by atoms with Gasteiger partial charge in [-0.1, -0.05) is 17.7 Å². The summed E-state index contributed by atoms with van der Waals surface area (Å²) >= 11 is 5.84. The third-order valence-corrected chi connectivity index (χ3v) is 2.37. The van der Waals surface area contributed by atoms with Crippen LogP contribution >= 0.6 is 11.6 Å². The molecule has 0 N–H and O–H groups in total. The fourth-order valence-corrected chi connectivity index (χ4v) is 1.62. The van der Waals surface area contributed by atoms with Gasteiger partial charge in [0.15, 0.2) is 0 Å². The van der Waals surface area contributed by atoms with Gasteiger partial charge in [-0.15, -0.1) is 0 Å². The Balaban J connectivity index is 2.47. The molecule has 2 aromatic rings. The number of hydrogen-bond donors (Lipinski definition) is 0. The van der Waals surface area contributed by atoms with Crippen LogP contribution in [-0.4, -0.2) is 11.6 Å². The maximum atomic E-state index is 12.2. The molecule has 0 radical (unpaired) electrons. The predicted octanol–water partition coefficient (Wildman–Crippen LogP) is 4.00. The molecule has 0 fully saturated rings. The second-order valence-electron chi connectivity index (χ2n) is 3.26. The van der Waals surface area contributed by atoms with Crippen LogP contribution in [0, 0.1) is 0 Å². The molecule has 5 heteroatoms. The van der Waals surface area contributed by atoms with Gasteiger partial charge in [0.2, 0.25) is 0 Å². The molecular formula is C12H8ClF2NO. The molecular weight excluding hydrogens is 248 g/mol. The van der Waals surface area contributed by atoms with Gasteiger partial charge < -0.3 is 4.74 Å². The first kappa shape index (κ1) is 11.8. The second-order valence-corrected chi connectivity index (χ2v) is 3.70. The molecule has 17 heavy (non-hydrogen) atoms. The Morgan fingerprint density at radius 1 is 1.24 bits per heavy atom. The van der Waals surface area contributed by atoms with E-state index in [2.05, 4.69) is 9.72 Å². The maximum absolute atomic E-state index is 12.2. The molecule has 0 aliphatic rings. The third kappa shape index (κ3) is 2.91. The summed E-state index contributed by atoms with van der Waals surface area (Å²) in [7, 11) is 0. The van der Waals surface area contributed by atoms with Gasteiger partial charge in [0, 0.05) is 28.5 Å². The number of pyridine rings is 1. The van der Waals surface area contributed by atoms with Gasteiger partial charge in [-0.3, -0.25) is 4.98 Å². The lowest BCUT2D eigenvalue weighted by molar-refractivity contribution is -0.0494. The van der Waals surface area contributed by atoms with Crippen molar-refractivity contribution in [2.45, 2.75) is 6.61 Å². The molecule has 0 aliphatic carbocycles. The topological polar surface area (TPSA) is 22.1 Å². The number of ether oxygens (including phenoxy) is 1. The summed E-state index contributed by atoms with van der Waals surface area (Å²) < 4.78 is 28.9. The molecule has 1 heterocycles. The normalized spacial score (nSPS) is 10.6. The number of rotatable bonds is 3. The summed E-state index contributed by atoms with van der Waals surface area (Å²) in [5, 5.41) is 0.450. The molecule has 2 rings (SSSR count). The fraction of sp³-hybridized carbons (Fsp3) is 0.0833. The van der Waals surface area contributed by atoms with E-state index in [1.807, 2.05) is 0 Å². The highest BCUT2D eigenvalue weighted by Crippen LogP contribution is 2.32. The number of nitrogens with zero attached hydrogens (tertiary/aromatic N) is 1. The van der Waals surface area contributed by atoms with Gasteiger partial charge >= 0.3 is 6.61 Å². The highest BCUT2D eigenvalue weighted by Gasteiger charge is 2.11. The Kier molecular flexibility index (Phi) is 3.54. The van der Waals surface area contributed by atoms with E-state index in [9.17, 15) is 8.78 Å². The fourth-order valence-electron chi connectivity index (χ4n) is 1.45. The summed E-state index contributed by atoms with van der Waals surface area (Å²) in [6.45, 7) is -2.87. The van der Waals surface area contributed by atoms with Crippen molar-refractivity contribution in [2.75, 3.05) is 0 Å². The van der Waals surface area contributed by atoms with Crippen molar-refractivity contribution in [2.24, 2.45) is 0 Å². The van der Waals surface area contributed by atoms with E-state index in [4.69, 9.17) is 11.6 Å². The van der Waals surface area contributed by atoms with Crippen molar-refractivity contribution in [3.05, 3.63) is 47.7 Å². The molecule has 88 valence electrons. The molecule has 0 unspecified atom stereocenters. The zero-order chi connectivity index (χ0) is 12.3. The lowest BCUT2D eigenvalue weighted by Crippen LogP contribution is -2.03. The van der Waals surface area contributed by atoms with E-state index in [1.54, 1.807) is 30.6 Å². The van der Waals surface area contributed by atoms with E-state index < -0.39 is 6.61 Å². The zero-order valence-electron chi connectivity index (χ0n) is 8.61. The third-order valence-electron chi connectivity index (χ3n) is 2.13. The lowest BCUT2D eigenvalue weighted by Gasteiger charge is -2.10. The highest BCUT2D eigenvalue weighted by atomic mass is 35.5. The standard InChI is InChI=1S/C12H8ClF2NO/c13-9-3-4-11(17-12(14)15)10(6-9)8-2-1-5-16-7-8/h1-7,12H. The van der Waals surface area contributed by atoms with Crippen molar-refractivity contribution in [3.63, 3.8) is 0 Å². The summed E-state index contributed by atoms with van der Waals surface area (Å²) in [6.07, 6.45) is 3.16. The van der Waals surface area contributed by atoms with E-state index in [0.717, 1.165) is 0 Å². The molecule has 0 saturated carbocycles. The SMILES string of the molecule is FC(F)Oc1ccc(Cl)cc1-c1cccnc1. The Bertz CT molecular complexity index is 505. The minimum absolute atomic E-state index is 0.0809. The van der Waals surface area contributed by atoms with Crippen LogP contribution in [0.1, 0.15) is 0 Å². The van der Waals surface area contributed by atoms with Crippen LogP contribution in [0.15, 0.2) is 42.7 Å². The number of benzene rings is 1. The first-order chi connectivity index (χ1) is 8.16. The lowest BCUT2D eigenvalue weighted by atomic mass is 10.1. The second kappa shape index (κ2) is 5.10. The molecule has 0 bridgehead atoms. The van der Waals surface area contributed by atoms with Gasteiger partial charge in [0.25, 0.3) is 0 Å². The van der Waals surface area contributed by atoms with Crippen LogP contribution in [0.2, 0.25) is 5.02 Å². The van der Waals surface area contributed by atoms with Crippen LogP contribution < -0.4 is 4.74 Å². The quantitative estimate of drug-likeness (QED) is 0.827.